The number of thiophene rings is 1. The lowest BCUT2D eigenvalue weighted by Crippen LogP contribution is -2.23. The van der Waals surface area contributed by atoms with Gasteiger partial charge < -0.3 is 10.4 Å². The molecule has 3 heterocycles. The highest BCUT2D eigenvalue weighted by Crippen LogP contribution is 2.32. The lowest BCUT2D eigenvalue weighted by molar-refractivity contribution is -0.132. The Morgan fingerprint density at radius 1 is 1.61 bits per heavy atom. The van der Waals surface area contributed by atoms with E-state index in [1.165, 1.54) is 0 Å². The van der Waals surface area contributed by atoms with Gasteiger partial charge in [0.1, 0.15) is 17.6 Å². The largest absolute Gasteiger partial charge is 0.477 e. The molecule has 92 valence electrons. The third-order valence-corrected chi connectivity index (χ3v) is 3.72. The van der Waals surface area contributed by atoms with Gasteiger partial charge in [-0.15, -0.1) is 11.3 Å². The fraction of sp³-hybridized carbons (Fsp3) is 0.167. The van der Waals surface area contributed by atoms with Gasteiger partial charge in [-0.1, -0.05) is 6.07 Å². The summed E-state index contributed by atoms with van der Waals surface area (Å²) in [6.45, 7) is 1.89. The van der Waals surface area contributed by atoms with Crippen molar-refractivity contribution in [3.8, 4) is 0 Å². The quantitative estimate of drug-likeness (QED) is 0.870. The van der Waals surface area contributed by atoms with Crippen LogP contribution in [0.1, 0.15) is 16.6 Å². The second-order valence-electron chi connectivity index (χ2n) is 4.09. The van der Waals surface area contributed by atoms with Crippen LogP contribution in [0.3, 0.4) is 0 Å². The Labute approximate surface area is 107 Å². The molecular formula is C12H11N3O2S. The zero-order valence-electron chi connectivity index (χ0n) is 9.62. The molecule has 0 aromatic carbocycles. The number of nitrogens with one attached hydrogen (secondary N) is 1. The summed E-state index contributed by atoms with van der Waals surface area (Å²) in [5.74, 6) is -0.243. The molecule has 0 fully saturated rings. The van der Waals surface area contributed by atoms with E-state index in [4.69, 9.17) is 5.11 Å². The van der Waals surface area contributed by atoms with Gasteiger partial charge in [0.25, 0.3) is 0 Å². The minimum absolute atomic E-state index is 0.152. The van der Waals surface area contributed by atoms with E-state index in [1.54, 1.807) is 17.4 Å². The van der Waals surface area contributed by atoms with Crippen LogP contribution < -0.4 is 5.32 Å². The Morgan fingerprint density at radius 3 is 3.11 bits per heavy atom. The minimum Gasteiger partial charge on any atom is -0.477 e. The summed E-state index contributed by atoms with van der Waals surface area (Å²) < 4.78 is 1.81. The van der Waals surface area contributed by atoms with Crippen LogP contribution in [0, 0.1) is 6.92 Å². The first-order valence-corrected chi connectivity index (χ1v) is 6.35. The highest BCUT2D eigenvalue weighted by atomic mass is 32.1. The van der Waals surface area contributed by atoms with E-state index >= 15 is 0 Å². The summed E-state index contributed by atoms with van der Waals surface area (Å²) in [6.07, 6.45) is 1.69. The summed E-state index contributed by atoms with van der Waals surface area (Å²) in [6, 6.07) is 5.63. The lowest BCUT2D eigenvalue weighted by Gasteiger charge is -2.22. The van der Waals surface area contributed by atoms with Gasteiger partial charge in [0, 0.05) is 10.9 Å². The number of allylic oxidation sites excluding steroid dienone is 1. The topological polar surface area (TPSA) is 67.2 Å². The fourth-order valence-corrected chi connectivity index (χ4v) is 2.80. The van der Waals surface area contributed by atoms with E-state index in [9.17, 15) is 4.79 Å². The third kappa shape index (κ3) is 1.70. The number of nitrogens with zero attached hydrogens (tertiary/aromatic N) is 2. The first-order valence-electron chi connectivity index (χ1n) is 5.47. The lowest BCUT2D eigenvalue weighted by atomic mass is 10.1. The highest BCUT2D eigenvalue weighted by molar-refractivity contribution is 7.10. The molecule has 5 nitrogen and oxygen atoms in total. The zero-order chi connectivity index (χ0) is 12.7. The van der Waals surface area contributed by atoms with Crippen LogP contribution in [-0.4, -0.2) is 20.9 Å². The normalized spacial score (nSPS) is 17.8. The molecule has 0 bridgehead atoms. The SMILES string of the molecule is Cc1cc2n(n1)C(c1cccs1)C=C(C(=O)O)N2. The average molecular weight is 261 g/mol. The van der Waals surface area contributed by atoms with Crippen molar-refractivity contribution in [2.75, 3.05) is 5.32 Å². The molecule has 2 aromatic heterocycles. The van der Waals surface area contributed by atoms with Gasteiger partial charge in [0.2, 0.25) is 0 Å². The molecule has 0 saturated carbocycles. The molecular weight excluding hydrogens is 250 g/mol. The number of hydrogen-bond acceptors (Lipinski definition) is 4. The number of fused-ring (bicyclic) bond motifs is 1. The van der Waals surface area contributed by atoms with E-state index in [2.05, 4.69) is 10.4 Å². The second kappa shape index (κ2) is 3.99. The number of carbonyl (C=O) groups is 1. The number of aromatic nitrogens is 2. The van der Waals surface area contributed by atoms with Crippen LogP contribution >= 0.6 is 11.3 Å². The molecule has 2 aromatic rings. The van der Waals surface area contributed by atoms with E-state index in [1.807, 2.05) is 35.2 Å². The van der Waals surface area contributed by atoms with Crippen molar-refractivity contribution in [1.82, 2.24) is 9.78 Å². The van der Waals surface area contributed by atoms with Crippen LogP contribution in [0.15, 0.2) is 35.4 Å². The van der Waals surface area contributed by atoms with Crippen molar-refractivity contribution in [3.63, 3.8) is 0 Å². The molecule has 1 unspecified atom stereocenters. The smallest absolute Gasteiger partial charge is 0.352 e. The predicted molar refractivity (Wildman–Crippen MR) is 68.8 cm³/mol. The van der Waals surface area contributed by atoms with Crippen molar-refractivity contribution in [1.29, 1.82) is 0 Å². The molecule has 0 aliphatic carbocycles. The first-order chi connectivity index (χ1) is 8.65. The minimum atomic E-state index is -0.957. The van der Waals surface area contributed by atoms with Gasteiger partial charge in [-0.3, -0.25) is 0 Å². The number of hydrogen-bond donors (Lipinski definition) is 2. The van der Waals surface area contributed by atoms with Crippen LogP contribution in [0.4, 0.5) is 5.82 Å². The maximum absolute atomic E-state index is 11.1. The monoisotopic (exact) mass is 261 g/mol. The number of aryl methyl sites for hydroxylation is 1. The standard InChI is InChI=1S/C12H11N3O2S/c1-7-5-11-13-8(12(16)17)6-9(15(11)14-7)10-3-2-4-18-10/h2-6,9,13H,1H3,(H,16,17). The van der Waals surface area contributed by atoms with Gasteiger partial charge in [-0.2, -0.15) is 5.10 Å². The Balaban J connectivity index is 2.12. The zero-order valence-corrected chi connectivity index (χ0v) is 10.4. The van der Waals surface area contributed by atoms with E-state index < -0.39 is 5.97 Å². The summed E-state index contributed by atoms with van der Waals surface area (Å²) in [5.41, 5.74) is 1.06. The third-order valence-electron chi connectivity index (χ3n) is 2.77. The van der Waals surface area contributed by atoms with Gasteiger partial charge >= 0.3 is 5.97 Å². The molecule has 1 aliphatic heterocycles. The summed E-state index contributed by atoms with van der Waals surface area (Å²) in [7, 11) is 0. The maximum atomic E-state index is 11.1. The van der Waals surface area contributed by atoms with Crippen molar-refractivity contribution in [2.45, 2.75) is 13.0 Å². The van der Waals surface area contributed by atoms with Gasteiger partial charge in [0.15, 0.2) is 0 Å². The molecule has 1 aliphatic rings. The Bertz CT molecular complexity index is 628. The molecule has 1 atom stereocenters. The van der Waals surface area contributed by atoms with Crippen molar-refractivity contribution < 1.29 is 9.90 Å². The van der Waals surface area contributed by atoms with E-state index in [0.717, 1.165) is 10.6 Å². The van der Waals surface area contributed by atoms with Crippen molar-refractivity contribution in [3.05, 3.63) is 45.9 Å². The number of anilines is 1. The van der Waals surface area contributed by atoms with Crippen molar-refractivity contribution >= 4 is 23.1 Å². The maximum Gasteiger partial charge on any atom is 0.352 e. The molecule has 0 amide bonds. The summed E-state index contributed by atoms with van der Waals surface area (Å²) in [5, 5.41) is 18.4. The average Bonchev–Trinajstić information content (AvgIpc) is 2.94. The molecule has 6 heteroatoms. The summed E-state index contributed by atoms with van der Waals surface area (Å²) in [4.78, 5) is 12.2. The van der Waals surface area contributed by atoms with Gasteiger partial charge in [-0.25, -0.2) is 9.48 Å². The molecule has 0 spiro atoms. The second-order valence-corrected chi connectivity index (χ2v) is 5.07. The fourth-order valence-electron chi connectivity index (χ4n) is 2.02. The molecule has 3 rings (SSSR count). The molecule has 18 heavy (non-hydrogen) atoms. The van der Waals surface area contributed by atoms with Crippen LogP contribution in [0.5, 0.6) is 0 Å². The highest BCUT2D eigenvalue weighted by Gasteiger charge is 2.25. The Morgan fingerprint density at radius 2 is 2.44 bits per heavy atom. The van der Waals surface area contributed by atoms with Gasteiger partial charge in [-0.05, 0) is 24.4 Å². The molecule has 0 radical (unpaired) electrons. The van der Waals surface area contributed by atoms with Crippen molar-refractivity contribution in [2.24, 2.45) is 0 Å². The Hall–Kier alpha value is -2.08. The van der Waals surface area contributed by atoms with Crippen LogP contribution in [0.25, 0.3) is 0 Å². The number of rotatable bonds is 2. The molecule has 2 N–H and O–H groups in total. The number of aliphatic carboxylic acids is 1. The van der Waals surface area contributed by atoms with Crippen LogP contribution in [0.2, 0.25) is 0 Å². The molecule has 0 saturated heterocycles. The predicted octanol–water partition coefficient (Wildman–Crippen LogP) is 2.24. The van der Waals surface area contributed by atoms with Gasteiger partial charge in [0.05, 0.1) is 5.69 Å². The van der Waals surface area contributed by atoms with E-state index in [-0.39, 0.29) is 11.7 Å². The first kappa shape index (κ1) is 11.0. The number of carboxylic acids is 1. The summed E-state index contributed by atoms with van der Waals surface area (Å²) >= 11 is 1.59. The Kier molecular flexibility index (Phi) is 2.45. The van der Waals surface area contributed by atoms with Crippen LogP contribution in [-0.2, 0) is 4.79 Å². The van der Waals surface area contributed by atoms with E-state index in [0.29, 0.717) is 5.82 Å². The number of carboxylic acid groups (broad SMARTS) is 1.